The zero-order valence-electron chi connectivity index (χ0n) is 18.5. The molecule has 6 nitrogen and oxygen atoms in total. The topological polar surface area (TPSA) is 62.6 Å². The van der Waals surface area contributed by atoms with Crippen molar-refractivity contribution in [3.63, 3.8) is 0 Å². The van der Waals surface area contributed by atoms with Gasteiger partial charge in [0.25, 0.3) is 0 Å². The van der Waals surface area contributed by atoms with Crippen molar-refractivity contribution >= 4 is 5.78 Å². The number of rotatable bonds is 7. The van der Waals surface area contributed by atoms with Gasteiger partial charge in [0.2, 0.25) is 0 Å². The Kier molecular flexibility index (Phi) is 5.94. The van der Waals surface area contributed by atoms with Crippen molar-refractivity contribution in [2.45, 2.75) is 6.92 Å². The van der Waals surface area contributed by atoms with Crippen LogP contribution in [0.2, 0.25) is 0 Å². The molecule has 162 valence electrons. The van der Waals surface area contributed by atoms with Crippen LogP contribution in [0.25, 0.3) is 16.8 Å². The monoisotopic (exact) mass is 428 g/mol. The number of imidazole rings is 1. The molecule has 4 aromatic rings. The third kappa shape index (κ3) is 3.95. The lowest BCUT2D eigenvalue weighted by Gasteiger charge is -2.14. The SMILES string of the molecule is COc1cc(C(=O)c2cccc(-c3c(OC)cccc3OC)c2)ccc1-n1cnc(C)c1. The van der Waals surface area contributed by atoms with Crippen LogP contribution in [0.1, 0.15) is 21.6 Å². The number of benzene rings is 3. The maximum Gasteiger partial charge on any atom is 0.193 e. The van der Waals surface area contributed by atoms with Gasteiger partial charge in [0.05, 0.1) is 44.6 Å². The first-order chi connectivity index (χ1) is 15.5. The quantitative estimate of drug-likeness (QED) is 0.383. The summed E-state index contributed by atoms with van der Waals surface area (Å²) in [4.78, 5) is 17.6. The average Bonchev–Trinajstić information content (AvgIpc) is 3.28. The van der Waals surface area contributed by atoms with Gasteiger partial charge in [-0.2, -0.15) is 0 Å². The van der Waals surface area contributed by atoms with Crippen molar-refractivity contribution in [2.75, 3.05) is 21.3 Å². The van der Waals surface area contributed by atoms with E-state index in [-0.39, 0.29) is 5.78 Å². The van der Waals surface area contributed by atoms with E-state index in [1.54, 1.807) is 45.9 Å². The zero-order chi connectivity index (χ0) is 22.7. The summed E-state index contributed by atoms with van der Waals surface area (Å²) in [5.41, 5.74) is 4.45. The average molecular weight is 428 g/mol. The molecular weight excluding hydrogens is 404 g/mol. The molecule has 4 rings (SSSR count). The van der Waals surface area contributed by atoms with E-state index in [0.29, 0.717) is 28.4 Å². The minimum atomic E-state index is -0.104. The highest BCUT2D eigenvalue weighted by molar-refractivity contribution is 6.10. The Morgan fingerprint density at radius 1 is 0.812 bits per heavy atom. The van der Waals surface area contributed by atoms with E-state index in [4.69, 9.17) is 14.2 Å². The van der Waals surface area contributed by atoms with Gasteiger partial charge in [0, 0.05) is 17.3 Å². The molecule has 0 fully saturated rings. The van der Waals surface area contributed by atoms with Crippen molar-refractivity contribution in [3.8, 4) is 34.1 Å². The maximum absolute atomic E-state index is 13.3. The van der Waals surface area contributed by atoms with Crippen LogP contribution in [0.15, 0.2) is 73.2 Å². The number of carbonyl (C=O) groups is 1. The van der Waals surface area contributed by atoms with Crippen molar-refractivity contribution in [3.05, 3.63) is 90.0 Å². The summed E-state index contributed by atoms with van der Waals surface area (Å²) >= 11 is 0. The minimum absolute atomic E-state index is 0.104. The Balaban J connectivity index is 1.73. The summed E-state index contributed by atoms with van der Waals surface area (Å²) in [5, 5.41) is 0. The number of ketones is 1. The molecule has 3 aromatic carbocycles. The zero-order valence-corrected chi connectivity index (χ0v) is 18.5. The Hall–Kier alpha value is -4.06. The second-order valence-electron chi connectivity index (χ2n) is 7.26. The lowest BCUT2D eigenvalue weighted by molar-refractivity contribution is 0.103. The van der Waals surface area contributed by atoms with Gasteiger partial charge < -0.3 is 18.8 Å². The third-order valence-corrected chi connectivity index (χ3v) is 5.27. The minimum Gasteiger partial charge on any atom is -0.496 e. The number of methoxy groups -OCH3 is 3. The van der Waals surface area contributed by atoms with Gasteiger partial charge in [-0.05, 0) is 48.9 Å². The van der Waals surface area contributed by atoms with Crippen LogP contribution >= 0.6 is 0 Å². The summed E-state index contributed by atoms with van der Waals surface area (Å²) in [7, 11) is 4.82. The summed E-state index contributed by atoms with van der Waals surface area (Å²) < 4.78 is 18.5. The second-order valence-corrected chi connectivity index (χ2v) is 7.26. The van der Waals surface area contributed by atoms with E-state index in [9.17, 15) is 4.79 Å². The van der Waals surface area contributed by atoms with Crippen LogP contribution < -0.4 is 14.2 Å². The molecule has 0 aliphatic heterocycles. The summed E-state index contributed by atoms with van der Waals surface area (Å²) in [5.74, 6) is 1.84. The molecule has 1 heterocycles. The van der Waals surface area contributed by atoms with E-state index in [0.717, 1.165) is 22.5 Å². The van der Waals surface area contributed by atoms with Crippen molar-refractivity contribution in [2.24, 2.45) is 0 Å². The molecule has 6 heteroatoms. The standard InChI is InChI=1S/C26H24N2O4/c1-17-15-28(16-27-17)21-12-11-20(14-24(21)32-4)26(29)19-8-5-7-18(13-19)25-22(30-2)9-6-10-23(25)31-3/h5-16H,1-4H3. The van der Waals surface area contributed by atoms with Gasteiger partial charge in [0.15, 0.2) is 5.78 Å². The molecule has 0 spiro atoms. The fraction of sp³-hybridized carbons (Fsp3) is 0.154. The molecule has 0 saturated heterocycles. The van der Waals surface area contributed by atoms with Crippen LogP contribution in [-0.4, -0.2) is 36.7 Å². The van der Waals surface area contributed by atoms with Gasteiger partial charge in [-0.15, -0.1) is 0 Å². The van der Waals surface area contributed by atoms with Crippen molar-refractivity contribution in [1.29, 1.82) is 0 Å². The van der Waals surface area contributed by atoms with E-state index >= 15 is 0 Å². The summed E-state index contributed by atoms with van der Waals surface area (Å²) in [6.45, 7) is 1.92. The molecule has 32 heavy (non-hydrogen) atoms. The van der Waals surface area contributed by atoms with E-state index in [2.05, 4.69) is 4.98 Å². The number of ether oxygens (including phenoxy) is 3. The molecular formula is C26H24N2O4. The van der Waals surface area contributed by atoms with Crippen molar-refractivity contribution < 1.29 is 19.0 Å². The molecule has 0 atom stereocenters. The summed E-state index contributed by atoms with van der Waals surface area (Å²) in [6, 6.07) is 18.5. The van der Waals surface area contributed by atoms with Gasteiger partial charge in [-0.1, -0.05) is 24.3 Å². The maximum atomic E-state index is 13.3. The lowest BCUT2D eigenvalue weighted by Crippen LogP contribution is -2.04. The molecule has 0 saturated carbocycles. The Morgan fingerprint density at radius 2 is 1.47 bits per heavy atom. The van der Waals surface area contributed by atoms with Crippen molar-refractivity contribution in [1.82, 2.24) is 9.55 Å². The number of carbonyl (C=O) groups excluding carboxylic acids is 1. The number of hydrogen-bond acceptors (Lipinski definition) is 5. The van der Waals surface area contributed by atoms with E-state index < -0.39 is 0 Å². The van der Waals surface area contributed by atoms with Crippen LogP contribution in [0, 0.1) is 6.92 Å². The fourth-order valence-electron chi connectivity index (χ4n) is 3.70. The Bertz CT molecular complexity index is 1250. The van der Waals surface area contributed by atoms with Gasteiger partial charge in [0.1, 0.15) is 17.2 Å². The predicted molar refractivity (Wildman–Crippen MR) is 123 cm³/mol. The highest BCUT2D eigenvalue weighted by atomic mass is 16.5. The molecule has 0 N–H and O–H groups in total. The molecule has 0 aliphatic carbocycles. The van der Waals surface area contributed by atoms with Gasteiger partial charge in [-0.25, -0.2) is 4.98 Å². The van der Waals surface area contributed by atoms with Gasteiger partial charge in [-0.3, -0.25) is 4.79 Å². The molecule has 0 amide bonds. The van der Waals surface area contributed by atoms with Crippen LogP contribution in [0.3, 0.4) is 0 Å². The first-order valence-electron chi connectivity index (χ1n) is 10.1. The van der Waals surface area contributed by atoms with E-state index in [1.807, 2.05) is 60.2 Å². The molecule has 1 aromatic heterocycles. The summed E-state index contributed by atoms with van der Waals surface area (Å²) in [6.07, 6.45) is 3.63. The van der Waals surface area contributed by atoms with Gasteiger partial charge >= 0.3 is 0 Å². The Morgan fingerprint density at radius 3 is 2.09 bits per heavy atom. The lowest BCUT2D eigenvalue weighted by atomic mass is 9.97. The Labute approximate surface area is 187 Å². The third-order valence-electron chi connectivity index (χ3n) is 5.27. The fourth-order valence-corrected chi connectivity index (χ4v) is 3.70. The van der Waals surface area contributed by atoms with Crippen LogP contribution in [0.5, 0.6) is 17.2 Å². The van der Waals surface area contributed by atoms with Crippen LogP contribution in [-0.2, 0) is 0 Å². The largest absolute Gasteiger partial charge is 0.496 e. The van der Waals surface area contributed by atoms with Crippen LogP contribution in [0.4, 0.5) is 0 Å². The number of aromatic nitrogens is 2. The first-order valence-corrected chi connectivity index (χ1v) is 10.1. The predicted octanol–water partition coefficient (Wildman–Crippen LogP) is 5.10. The second kappa shape index (κ2) is 8.98. The van der Waals surface area contributed by atoms with E-state index in [1.165, 1.54) is 0 Å². The molecule has 0 aliphatic rings. The highest BCUT2D eigenvalue weighted by Gasteiger charge is 2.17. The smallest absolute Gasteiger partial charge is 0.193 e. The molecule has 0 radical (unpaired) electrons. The highest BCUT2D eigenvalue weighted by Crippen LogP contribution is 2.38. The number of nitrogens with zero attached hydrogens (tertiary/aromatic N) is 2. The first kappa shape index (κ1) is 21.2. The molecule has 0 bridgehead atoms. The number of hydrogen-bond donors (Lipinski definition) is 0. The number of aryl methyl sites for hydroxylation is 1. The molecule has 0 unspecified atom stereocenters. The normalized spacial score (nSPS) is 10.6.